The summed E-state index contributed by atoms with van der Waals surface area (Å²) in [5.74, 6) is 1.78. The standard InChI is InChI=1S/C13H16BrNO4S/c14-11-4-9(5-12-13(11)19-8-18-12)6-15-7-10-2-1-3-20(10,16)17/h4-5,10,15H,1-3,6-8H2. The average Bonchev–Trinajstić information content (AvgIpc) is 2.97. The van der Waals surface area contributed by atoms with Crippen LogP contribution in [0.15, 0.2) is 16.6 Å². The molecule has 5 nitrogen and oxygen atoms in total. The Morgan fingerprint density at radius 2 is 2.20 bits per heavy atom. The molecule has 1 atom stereocenters. The molecule has 7 heteroatoms. The van der Waals surface area contributed by atoms with Gasteiger partial charge in [0.15, 0.2) is 21.3 Å². The number of fused-ring (bicyclic) bond motifs is 1. The number of benzene rings is 1. The van der Waals surface area contributed by atoms with Crippen molar-refractivity contribution < 1.29 is 17.9 Å². The second-order valence-electron chi connectivity index (χ2n) is 5.07. The van der Waals surface area contributed by atoms with Gasteiger partial charge in [-0.3, -0.25) is 0 Å². The highest BCUT2D eigenvalue weighted by Gasteiger charge is 2.30. The Kier molecular flexibility index (Phi) is 3.92. The summed E-state index contributed by atoms with van der Waals surface area (Å²) < 4.78 is 35.0. The third-order valence-electron chi connectivity index (χ3n) is 3.65. The summed E-state index contributed by atoms with van der Waals surface area (Å²) in [6.07, 6.45) is 1.55. The molecular weight excluding hydrogens is 346 g/mol. The highest BCUT2D eigenvalue weighted by molar-refractivity contribution is 9.10. The molecule has 0 amide bonds. The van der Waals surface area contributed by atoms with Crippen molar-refractivity contribution in [2.75, 3.05) is 19.1 Å². The molecule has 1 saturated heterocycles. The van der Waals surface area contributed by atoms with Crippen LogP contribution in [0.25, 0.3) is 0 Å². The summed E-state index contributed by atoms with van der Waals surface area (Å²) in [6.45, 7) is 1.36. The molecule has 0 aromatic heterocycles. The van der Waals surface area contributed by atoms with Gasteiger partial charge in [0.2, 0.25) is 6.79 Å². The molecule has 1 aromatic carbocycles. The Morgan fingerprint density at radius 1 is 1.35 bits per heavy atom. The molecular formula is C13H16BrNO4S. The molecule has 2 aliphatic rings. The van der Waals surface area contributed by atoms with Gasteiger partial charge in [0.05, 0.1) is 15.5 Å². The van der Waals surface area contributed by atoms with Gasteiger partial charge in [0.25, 0.3) is 0 Å². The van der Waals surface area contributed by atoms with E-state index in [0.717, 1.165) is 34.4 Å². The van der Waals surface area contributed by atoms with Gasteiger partial charge >= 0.3 is 0 Å². The van der Waals surface area contributed by atoms with E-state index in [2.05, 4.69) is 21.2 Å². The van der Waals surface area contributed by atoms with Crippen LogP contribution in [0.5, 0.6) is 11.5 Å². The number of sulfone groups is 1. The van der Waals surface area contributed by atoms with Crippen molar-refractivity contribution in [1.29, 1.82) is 0 Å². The van der Waals surface area contributed by atoms with Crippen LogP contribution >= 0.6 is 15.9 Å². The van der Waals surface area contributed by atoms with Crippen LogP contribution in [-0.4, -0.2) is 32.8 Å². The van der Waals surface area contributed by atoms with Crippen LogP contribution in [0.1, 0.15) is 18.4 Å². The fraction of sp³-hybridized carbons (Fsp3) is 0.538. The number of rotatable bonds is 4. The van der Waals surface area contributed by atoms with E-state index < -0.39 is 9.84 Å². The van der Waals surface area contributed by atoms with E-state index in [4.69, 9.17) is 9.47 Å². The second kappa shape index (κ2) is 5.54. The zero-order chi connectivity index (χ0) is 14.2. The highest BCUT2D eigenvalue weighted by atomic mass is 79.9. The summed E-state index contributed by atoms with van der Waals surface area (Å²) in [7, 11) is -2.88. The average molecular weight is 362 g/mol. The maximum atomic E-state index is 11.7. The Bertz CT molecular complexity index is 617. The van der Waals surface area contributed by atoms with Gasteiger partial charge in [-0.1, -0.05) is 0 Å². The lowest BCUT2D eigenvalue weighted by atomic mass is 10.2. The molecule has 1 N–H and O–H groups in total. The maximum Gasteiger partial charge on any atom is 0.231 e. The first kappa shape index (κ1) is 14.2. The van der Waals surface area contributed by atoms with Crippen molar-refractivity contribution in [1.82, 2.24) is 5.32 Å². The predicted molar refractivity (Wildman–Crippen MR) is 78.8 cm³/mol. The molecule has 2 aliphatic heterocycles. The molecule has 0 aliphatic carbocycles. The minimum atomic E-state index is -2.88. The van der Waals surface area contributed by atoms with Crippen LogP contribution in [0.3, 0.4) is 0 Å². The molecule has 2 heterocycles. The molecule has 3 rings (SSSR count). The van der Waals surface area contributed by atoms with E-state index in [1.165, 1.54) is 0 Å². The van der Waals surface area contributed by atoms with Crippen molar-refractivity contribution in [2.45, 2.75) is 24.6 Å². The van der Waals surface area contributed by atoms with E-state index in [1.807, 2.05) is 12.1 Å². The maximum absolute atomic E-state index is 11.7. The molecule has 20 heavy (non-hydrogen) atoms. The molecule has 0 radical (unpaired) electrons. The van der Waals surface area contributed by atoms with Crippen molar-refractivity contribution in [3.8, 4) is 11.5 Å². The molecule has 1 unspecified atom stereocenters. The molecule has 1 fully saturated rings. The van der Waals surface area contributed by atoms with Crippen LogP contribution in [0, 0.1) is 0 Å². The summed E-state index contributed by atoms with van der Waals surface area (Å²) >= 11 is 3.45. The predicted octanol–water partition coefficient (Wildman–Crippen LogP) is 1.84. The normalized spacial score (nSPS) is 23.1. The zero-order valence-corrected chi connectivity index (χ0v) is 13.3. The van der Waals surface area contributed by atoms with Gasteiger partial charge in [0.1, 0.15) is 0 Å². The first-order valence-corrected chi connectivity index (χ1v) is 9.07. The monoisotopic (exact) mass is 361 g/mol. The first-order valence-electron chi connectivity index (χ1n) is 6.56. The Labute approximate surface area is 126 Å². The Morgan fingerprint density at radius 3 is 2.95 bits per heavy atom. The van der Waals surface area contributed by atoms with Gasteiger partial charge < -0.3 is 14.8 Å². The Balaban J connectivity index is 1.61. The molecule has 0 saturated carbocycles. The van der Waals surface area contributed by atoms with Crippen molar-refractivity contribution in [3.63, 3.8) is 0 Å². The van der Waals surface area contributed by atoms with Gasteiger partial charge in [-0.2, -0.15) is 0 Å². The van der Waals surface area contributed by atoms with E-state index in [1.54, 1.807) is 0 Å². The molecule has 0 bridgehead atoms. The summed E-state index contributed by atoms with van der Waals surface area (Å²) in [5, 5.41) is 2.99. The lowest BCUT2D eigenvalue weighted by molar-refractivity contribution is 0.173. The van der Waals surface area contributed by atoms with E-state index >= 15 is 0 Å². The van der Waals surface area contributed by atoms with Crippen molar-refractivity contribution in [3.05, 3.63) is 22.2 Å². The number of hydrogen-bond donors (Lipinski definition) is 1. The smallest absolute Gasteiger partial charge is 0.231 e. The minimum absolute atomic E-state index is 0.236. The van der Waals surface area contributed by atoms with Crippen LogP contribution in [-0.2, 0) is 16.4 Å². The quantitative estimate of drug-likeness (QED) is 0.886. The molecule has 110 valence electrons. The van der Waals surface area contributed by atoms with Crippen LogP contribution in [0.4, 0.5) is 0 Å². The molecule has 1 aromatic rings. The highest BCUT2D eigenvalue weighted by Crippen LogP contribution is 2.39. The number of hydrogen-bond acceptors (Lipinski definition) is 5. The van der Waals surface area contributed by atoms with Crippen molar-refractivity contribution in [2.24, 2.45) is 0 Å². The van der Waals surface area contributed by atoms with Gasteiger partial charge in [0, 0.05) is 13.1 Å². The summed E-state index contributed by atoms with van der Waals surface area (Å²) in [5.41, 5.74) is 1.04. The largest absolute Gasteiger partial charge is 0.454 e. The fourth-order valence-corrected chi connectivity index (χ4v) is 4.99. The Hall–Kier alpha value is -0.790. The van der Waals surface area contributed by atoms with Crippen LogP contribution in [0.2, 0.25) is 0 Å². The first-order chi connectivity index (χ1) is 9.56. The van der Waals surface area contributed by atoms with E-state index in [9.17, 15) is 8.42 Å². The SMILES string of the molecule is O=S1(=O)CCCC1CNCc1cc(Br)c2c(c1)OCO2. The molecule has 0 spiro atoms. The van der Waals surface area contributed by atoms with Gasteiger partial charge in [-0.25, -0.2) is 8.42 Å². The summed E-state index contributed by atoms with van der Waals surface area (Å²) in [4.78, 5) is 0. The number of nitrogens with one attached hydrogen (secondary N) is 1. The van der Waals surface area contributed by atoms with Gasteiger partial charge in [-0.05, 0) is 46.5 Å². The van der Waals surface area contributed by atoms with E-state index in [-0.39, 0.29) is 12.0 Å². The second-order valence-corrected chi connectivity index (χ2v) is 8.33. The topological polar surface area (TPSA) is 64.6 Å². The van der Waals surface area contributed by atoms with Crippen LogP contribution < -0.4 is 14.8 Å². The van der Waals surface area contributed by atoms with E-state index in [0.29, 0.717) is 18.8 Å². The van der Waals surface area contributed by atoms with Gasteiger partial charge in [-0.15, -0.1) is 0 Å². The lowest BCUT2D eigenvalue weighted by Gasteiger charge is -2.11. The number of ether oxygens (including phenoxy) is 2. The number of halogens is 1. The lowest BCUT2D eigenvalue weighted by Crippen LogP contribution is -2.30. The minimum Gasteiger partial charge on any atom is -0.454 e. The third-order valence-corrected chi connectivity index (χ3v) is 6.52. The zero-order valence-electron chi connectivity index (χ0n) is 10.9. The third kappa shape index (κ3) is 2.80. The summed E-state index contributed by atoms with van der Waals surface area (Å²) in [6, 6.07) is 3.88. The fourth-order valence-electron chi connectivity index (χ4n) is 2.59. The van der Waals surface area contributed by atoms with Crippen molar-refractivity contribution >= 4 is 25.8 Å².